The van der Waals surface area contributed by atoms with E-state index < -0.39 is 27.0 Å². The highest BCUT2D eigenvalue weighted by Gasteiger charge is 2.54. The zero-order chi connectivity index (χ0) is 15.3. The van der Waals surface area contributed by atoms with Crippen LogP contribution in [0.4, 0.5) is 0 Å². The van der Waals surface area contributed by atoms with Gasteiger partial charge in [-0.15, -0.1) is 0 Å². The van der Waals surface area contributed by atoms with E-state index >= 15 is 0 Å². The summed E-state index contributed by atoms with van der Waals surface area (Å²) < 4.78 is 23.6. The van der Waals surface area contributed by atoms with Crippen molar-refractivity contribution in [3.8, 4) is 0 Å². The van der Waals surface area contributed by atoms with Gasteiger partial charge in [-0.3, -0.25) is 9.59 Å². The standard InChI is InChI=1S/C13H22N2O4S/c1-5-13(4)11(17)15(9(2)10(16)14-13)12(3)6-7-20(18,19)8-12/h9H,5-8H2,1-4H3,(H,14,16). The Labute approximate surface area is 119 Å². The Hall–Kier alpha value is -1.11. The highest BCUT2D eigenvalue weighted by atomic mass is 32.2. The predicted molar refractivity (Wildman–Crippen MR) is 74.8 cm³/mol. The summed E-state index contributed by atoms with van der Waals surface area (Å²) in [7, 11) is -3.14. The van der Waals surface area contributed by atoms with Gasteiger partial charge in [-0.1, -0.05) is 6.92 Å². The number of carbonyl (C=O) groups excluding carboxylic acids is 2. The van der Waals surface area contributed by atoms with Crippen molar-refractivity contribution in [2.45, 2.75) is 57.7 Å². The molecule has 0 aromatic rings. The van der Waals surface area contributed by atoms with Gasteiger partial charge in [-0.2, -0.15) is 0 Å². The fourth-order valence-electron chi connectivity index (χ4n) is 3.12. The van der Waals surface area contributed by atoms with Crippen molar-refractivity contribution < 1.29 is 18.0 Å². The minimum atomic E-state index is -3.14. The van der Waals surface area contributed by atoms with E-state index in [-0.39, 0.29) is 23.3 Å². The summed E-state index contributed by atoms with van der Waals surface area (Å²) in [6.45, 7) is 6.94. The molecule has 2 fully saturated rings. The molecule has 0 aromatic heterocycles. The Morgan fingerprint density at radius 1 is 1.35 bits per heavy atom. The lowest BCUT2D eigenvalue weighted by molar-refractivity contribution is -0.160. The minimum Gasteiger partial charge on any atom is -0.340 e. The maximum Gasteiger partial charge on any atom is 0.249 e. The Morgan fingerprint density at radius 2 is 1.95 bits per heavy atom. The maximum atomic E-state index is 12.8. The van der Waals surface area contributed by atoms with E-state index in [0.29, 0.717) is 12.8 Å². The first-order chi connectivity index (χ1) is 9.05. The van der Waals surface area contributed by atoms with Crippen LogP contribution in [0.15, 0.2) is 0 Å². The molecule has 2 aliphatic heterocycles. The van der Waals surface area contributed by atoms with Crippen LogP contribution in [-0.2, 0) is 19.4 Å². The number of carbonyl (C=O) groups is 2. The summed E-state index contributed by atoms with van der Waals surface area (Å²) in [6, 6.07) is -0.638. The topological polar surface area (TPSA) is 83.6 Å². The molecule has 2 saturated heterocycles. The smallest absolute Gasteiger partial charge is 0.249 e. The zero-order valence-corrected chi connectivity index (χ0v) is 13.2. The first kappa shape index (κ1) is 15.3. The van der Waals surface area contributed by atoms with E-state index in [4.69, 9.17) is 0 Å². The molecular formula is C13H22N2O4S. The van der Waals surface area contributed by atoms with E-state index in [1.807, 2.05) is 6.92 Å². The van der Waals surface area contributed by atoms with Crippen LogP contribution in [0.5, 0.6) is 0 Å². The van der Waals surface area contributed by atoms with Gasteiger partial charge in [0, 0.05) is 0 Å². The summed E-state index contributed by atoms with van der Waals surface area (Å²) in [5, 5.41) is 2.75. The molecule has 2 rings (SSSR count). The molecule has 6 nitrogen and oxygen atoms in total. The van der Waals surface area contributed by atoms with Crippen LogP contribution in [-0.4, -0.2) is 53.8 Å². The summed E-state index contributed by atoms with van der Waals surface area (Å²) in [4.78, 5) is 26.4. The van der Waals surface area contributed by atoms with Gasteiger partial charge in [0.15, 0.2) is 9.84 Å². The van der Waals surface area contributed by atoms with Crippen LogP contribution in [0.25, 0.3) is 0 Å². The Kier molecular flexibility index (Phi) is 3.40. The fourth-order valence-corrected chi connectivity index (χ4v) is 5.25. The lowest BCUT2D eigenvalue weighted by atomic mass is 9.87. The minimum absolute atomic E-state index is 0.0663. The molecule has 2 amide bonds. The number of amides is 2. The van der Waals surface area contributed by atoms with Gasteiger partial charge in [0.25, 0.3) is 0 Å². The van der Waals surface area contributed by atoms with E-state index in [0.717, 1.165) is 0 Å². The number of nitrogens with zero attached hydrogens (tertiary/aromatic N) is 1. The van der Waals surface area contributed by atoms with Gasteiger partial charge in [0.2, 0.25) is 11.8 Å². The van der Waals surface area contributed by atoms with Crippen LogP contribution < -0.4 is 5.32 Å². The van der Waals surface area contributed by atoms with Gasteiger partial charge in [0.05, 0.1) is 17.0 Å². The number of rotatable bonds is 2. The number of sulfone groups is 1. The van der Waals surface area contributed by atoms with Crippen molar-refractivity contribution in [1.82, 2.24) is 10.2 Å². The summed E-state index contributed by atoms with van der Waals surface area (Å²) >= 11 is 0. The molecule has 0 bridgehead atoms. The first-order valence-corrected chi connectivity index (χ1v) is 8.73. The van der Waals surface area contributed by atoms with Crippen molar-refractivity contribution >= 4 is 21.7 Å². The van der Waals surface area contributed by atoms with Gasteiger partial charge >= 0.3 is 0 Å². The summed E-state index contributed by atoms with van der Waals surface area (Å²) in [5.41, 5.74) is -1.73. The molecule has 2 heterocycles. The van der Waals surface area contributed by atoms with Crippen molar-refractivity contribution in [3.63, 3.8) is 0 Å². The average Bonchev–Trinajstić information content (AvgIpc) is 2.62. The molecule has 0 saturated carbocycles. The second-order valence-electron chi connectivity index (χ2n) is 6.37. The molecule has 3 unspecified atom stereocenters. The second kappa shape index (κ2) is 4.44. The number of hydrogen-bond acceptors (Lipinski definition) is 4. The third-order valence-electron chi connectivity index (χ3n) is 4.63. The molecule has 0 radical (unpaired) electrons. The fraction of sp³-hybridized carbons (Fsp3) is 0.846. The van der Waals surface area contributed by atoms with Crippen LogP contribution in [0, 0.1) is 0 Å². The Bertz CT molecular complexity index is 559. The second-order valence-corrected chi connectivity index (χ2v) is 8.55. The quantitative estimate of drug-likeness (QED) is 0.783. The van der Waals surface area contributed by atoms with E-state index in [1.165, 1.54) is 4.90 Å². The molecule has 7 heteroatoms. The largest absolute Gasteiger partial charge is 0.340 e. The monoisotopic (exact) mass is 302 g/mol. The Morgan fingerprint density at radius 3 is 2.40 bits per heavy atom. The van der Waals surface area contributed by atoms with Crippen LogP contribution >= 0.6 is 0 Å². The summed E-state index contributed by atoms with van der Waals surface area (Å²) in [6.07, 6.45) is 0.863. The Balaban J connectivity index is 2.43. The highest BCUT2D eigenvalue weighted by molar-refractivity contribution is 7.91. The normalized spacial score (nSPS) is 40.8. The van der Waals surface area contributed by atoms with Crippen molar-refractivity contribution in [1.29, 1.82) is 0 Å². The number of piperazine rings is 1. The molecule has 20 heavy (non-hydrogen) atoms. The van der Waals surface area contributed by atoms with Crippen molar-refractivity contribution in [2.24, 2.45) is 0 Å². The molecule has 0 aliphatic carbocycles. The third kappa shape index (κ3) is 2.21. The third-order valence-corrected chi connectivity index (χ3v) is 6.52. The molecule has 0 aromatic carbocycles. The molecular weight excluding hydrogens is 280 g/mol. The van der Waals surface area contributed by atoms with Gasteiger partial charge in [-0.25, -0.2) is 8.42 Å². The zero-order valence-electron chi connectivity index (χ0n) is 12.4. The lowest BCUT2D eigenvalue weighted by Gasteiger charge is -2.49. The van der Waals surface area contributed by atoms with Crippen LogP contribution in [0.1, 0.15) is 40.5 Å². The van der Waals surface area contributed by atoms with Crippen molar-refractivity contribution in [3.05, 3.63) is 0 Å². The van der Waals surface area contributed by atoms with Gasteiger partial charge in [-0.05, 0) is 33.6 Å². The van der Waals surface area contributed by atoms with E-state index in [2.05, 4.69) is 5.32 Å². The number of hydrogen-bond donors (Lipinski definition) is 1. The first-order valence-electron chi connectivity index (χ1n) is 6.91. The summed E-state index contributed by atoms with van der Waals surface area (Å²) in [5.74, 6) is -0.403. The lowest BCUT2D eigenvalue weighted by Crippen LogP contribution is -2.73. The molecule has 2 aliphatic rings. The van der Waals surface area contributed by atoms with E-state index in [9.17, 15) is 18.0 Å². The molecule has 3 atom stereocenters. The molecule has 0 spiro atoms. The number of nitrogens with one attached hydrogen (secondary N) is 1. The van der Waals surface area contributed by atoms with Gasteiger partial charge in [0.1, 0.15) is 11.6 Å². The predicted octanol–water partition coefficient (Wildman–Crippen LogP) is 0.0792. The molecule has 1 N–H and O–H groups in total. The van der Waals surface area contributed by atoms with Crippen molar-refractivity contribution in [2.75, 3.05) is 11.5 Å². The highest BCUT2D eigenvalue weighted by Crippen LogP contribution is 2.35. The van der Waals surface area contributed by atoms with Gasteiger partial charge < -0.3 is 10.2 Å². The maximum absolute atomic E-state index is 12.8. The molecule has 114 valence electrons. The van der Waals surface area contributed by atoms with Crippen LogP contribution in [0.3, 0.4) is 0 Å². The van der Waals surface area contributed by atoms with Crippen LogP contribution in [0.2, 0.25) is 0 Å². The SMILES string of the molecule is CCC1(C)NC(=O)C(C)N(C2(C)CCS(=O)(=O)C2)C1=O. The average molecular weight is 302 g/mol. The van der Waals surface area contributed by atoms with E-state index in [1.54, 1.807) is 20.8 Å².